The van der Waals surface area contributed by atoms with Crippen molar-refractivity contribution in [3.8, 4) is 0 Å². The first-order valence-electron chi connectivity index (χ1n) is 11.1. The standard InChI is InChI=1S/C22H33NO12S/c1-8-32-22(21(29)30-7)9-16(33-13(4)26)18(23-11(2)24)20(36-22)19(35-15(6)28)17(34-14(5)27)10-31-12(3)25/h16-20H,8-10H2,1-7H3,(H,23,24)/t16-,17+,18+,19+,20+,22+/m0/s1. The van der Waals surface area contributed by atoms with Crippen LogP contribution in [0.5, 0.6) is 0 Å². The largest absolute Gasteiger partial charge is 0.466 e. The van der Waals surface area contributed by atoms with Gasteiger partial charge in [0, 0.05) is 47.6 Å². The van der Waals surface area contributed by atoms with Gasteiger partial charge in [0.15, 0.2) is 12.2 Å². The molecule has 1 saturated heterocycles. The average Bonchev–Trinajstić information content (AvgIpc) is 2.75. The van der Waals surface area contributed by atoms with Crippen LogP contribution >= 0.6 is 11.8 Å². The predicted octanol–water partition coefficient (Wildman–Crippen LogP) is 0.261. The molecule has 0 aliphatic carbocycles. The third-order valence-electron chi connectivity index (χ3n) is 4.87. The molecule has 1 amide bonds. The fraction of sp³-hybridized carbons (Fsp3) is 0.727. The Kier molecular flexibility index (Phi) is 12.1. The summed E-state index contributed by atoms with van der Waals surface area (Å²) in [5, 5.41) is 1.56. The lowest BCUT2D eigenvalue weighted by molar-refractivity contribution is -0.177. The van der Waals surface area contributed by atoms with E-state index in [1.807, 2.05) is 0 Å². The Bertz CT molecular complexity index is 849. The number of ether oxygens (including phenoxy) is 6. The van der Waals surface area contributed by atoms with Crippen LogP contribution in [-0.4, -0.2) is 90.6 Å². The maximum absolute atomic E-state index is 12.9. The lowest BCUT2D eigenvalue weighted by Crippen LogP contribution is -2.65. The second-order valence-corrected chi connectivity index (χ2v) is 9.30. The molecular weight excluding hydrogens is 502 g/mol. The fourth-order valence-corrected chi connectivity index (χ4v) is 5.60. The summed E-state index contributed by atoms with van der Waals surface area (Å²) in [5.74, 6) is -4.31. The van der Waals surface area contributed by atoms with Crippen LogP contribution in [0.25, 0.3) is 0 Å². The molecule has 0 unspecified atom stereocenters. The van der Waals surface area contributed by atoms with Gasteiger partial charge in [-0.25, -0.2) is 4.79 Å². The van der Waals surface area contributed by atoms with Crippen molar-refractivity contribution in [3.05, 3.63) is 0 Å². The number of methoxy groups -OCH3 is 1. The molecule has 1 N–H and O–H groups in total. The van der Waals surface area contributed by atoms with Crippen LogP contribution in [0.1, 0.15) is 48.0 Å². The molecule has 36 heavy (non-hydrogen) atoms. The summed E-state index contributed by atoms with van der Waals surface area (Å²) in [6, 6.07) is -1.05. The zero-order chi connectivity index (χ0) is 27.6. The molecule has 14 heteroatoms. The van der Waals surface area contributed by atoms with Crippen LogP contribution in [0.15, 0.2) is 0 Å². The van der Waals surface area contributed by atoms with Gasteiger partial charge in [0.1, 0.15) is 12.7 Å². The molecule has 1 fully saturated rings. The molecule has 1 heterocycles. The Morgan fingerprint density at radius 2 is 1.56 bits per heavy atom. The maximum atomic E-state index is 12.9. The number of rotatable bonds is 11. The van der Waals surface area contributed by atoms with E-state index in [-0.39, 0.29) is 13.0 Å². The van der Waals surface area contributed by atoms with Crippen LogP contribution in [0.4, 0.5) is 0 Å². The van der Waals surface area contributed by atoms with Crippen molar-refractivity contribution in [1.82, 2.24) is 5.32 Å². The first-order chi connectivity index (χ1) is 16.8. The smallest absolute Gasteiger partial charge is 0.348 e. The number of carbonyl (C=O) groups is 6. The number of esters is 5. The number of thioether (sulfide) groups is 1. The van der Waals surface area contributed by atoms with E-state index in [2.05, 4.69) is 5.32 Å². The quantitative estimate of drug-likeness (QED) is 0.282. The van der Waals surface area contributed by atoms with Crippen molar-refractivity contribution < 1.29 is 57.2 Å². The Morgan fingerprint density at radius 1 is 0.944 bits per heavy atom. The van der Waals surface area contributed by atoms with Crippen molar-refractivity contribution in [1.29, 1.82) is 0 Å². The number of carbonyl (C=O) groups excluding carboxylic acids is 6. The number of hydrogen-bond acceptors (Lipinski definition) is 13. The number of hydrogen-bond donors (Lipinski definition) is 1. The summed E-state index contributed by atoms with van der Waals surface area (Å²) in [4.78, 5) is 70.7. The summed E-state index contributed by atoms with van der Waals surface area (Å²) in [7, 11) is 1.14. The second-order valence-electron chi connectivity index (χ2n) is 7.86. The van der Waals surface area contributed by atoms with Crippen molar-refractivity contribution in [2.75, 3.05) is 20.3 Å². The summed E-state index contributed by atoms with van der Waals surface area (Å²) >= 11 is 0.845. The number of nitrogens with one attached hydrogen (secondary N) is 1. The predicted molar refractivity (Wildman–Crippen MR) is 123 cm³/mol. The zero-order valence-electron chi connectivity index (χ0n) is 21.3. The van der Waals surface area contributed by atoms with E-state index < -0.39 is 76.9 Å². The molecule has 0 aromatic rings. The minimum Gasteiger partial charge on any atom is -0.466 e. The average molecular weight is 536 g/mol. The first kappa shape index (κ1) is 31.2. The van der Waals surface area contributed by atoms with E-state index in [9.17, 15) is 28.8 Å². The van der Waals surface area contributed by atoms with Gasteiger partial charge in [-0.05, 0) is 6.92 Å². The van der Waals surface area contributed by atoms with Crippen molar-refractivity contribution in [2.24, 2.45) is 0 Å². The van der Waals surface area contributed by atoms with E-state index in [1.165, 1.54) is 6.92 Å². The van der Waals surface area contributed by atoms with Crippen LogP contribution in [0.3, 0.4) is 0 Å². The lowest BCUT2D eigenvalue weighted by Gasteiger charge is -2.48. The van der Waals surface area contributed by atoms with Crippen LogP contribution in [0, 0.1) is 0 Å². The third-order valence-corrected chi connectivity index (χ3v) is 6.54. The van der Waals surface area contributed by atoms with Crippen LogP contribution in [0.2, 0.25) is 0 Å². The minimum absolute atomic E-state index is 0.0471. The number of amides is 1. The van der Waals surface area contributed by atoms with Gasteiger partial charge in [-0.3, -0.25) is 24.0 Å². The molecule has 0 bridgehead atoms. The Balaban J connectivity index is 3.76. The first-order valence-corrected chi connectivity index (χ1v) is 12.0. The third kappa shape index (κ3) is 8.97. The molecule has 1 aliphatic rings. The Labute approximate surface area is 213 Å². The topological polar surface area (TPSA) is 170 Å². The van der Waals surface area contributed by atoms with Crippen molar-refractivity contribution >= 4 is 47.5 Å². The van der Waals surface area contributed by atoms with Gasteiger partial charge in [-0.1, -0.05) is 0 Å². The van der Waals surface area contributed by atoms with Gasteiger partial charge in [0.25, 0.3) is 0 Å². The van der Waals surface area contributed by atoms with Crippen LogP contribution < -0.4 is 5.32 Å². The Hall–Kier alpha value is -2.87. The molecule has 204 valence electrons. The van der Waals surface area contributed by atoms with E-state index >= 15 is 0 Å². The van der Waals surface area contributed by atoms with E-state index in [0.29, 0.717) is 0 Å². The normalized spacial score (nSPS) is 24.9. The van der Waals surface area contributed by atoms with Gasteiger partial charge in [-0.15, -0.1) is 11.8 Å². The molecule has 0 spiro atoms. The molecule has 6 atom stereocenters. The van der Waals surface area contributed by atoms with Gasteiger partial charge in [0.05, 0.1) is 18.4 Å². The SMILES string of the molecule is CCO[C@]1(C(=O)OC)C[C@H](OC(C)=O)[C@@H](NC(C)=O)[C@H]([C@H](OC(C)=O)[C@@H](COC(C)=O)OC(C)=O)S1. The highest BCUT2D eigenvalue weighted by Gasteiger charge is 2.58. The van der Waals surface area contributed by atoms with E-state index in [4.69, 9.17) is 28.4 Å². The molecule has 1 aliphatic heterocycles. The highest BCUT2D eigenvalue weighted by atomic mass is 32.2. The molecular formula is C22H33NO12S. The van der Waals surface area contributed by atoms with Gasteiger partial charge in [0.2, 0.25) is 10.8 Å². The van der Waals surface area contributed by atoms with Crippen LogP contribution in [-0.2, 0) is 57.2 Å². The van der Waals surface area contributed by atoms with Gasteiger partial charge in [-0.2, -0.15) is 0 Å². The highest BCUT2D eigenvalue weighted by molar-refractivity contribution is 8.02. The second kappa shape index (κ2) is 14.0. The minimum atomic E-state index is -1.75. The summed E-state index contributed by atoms with van der Waals surface area (Å²) in [5.41, 5.74) is 0. The van der Waals surface area contributed by atoms with Crippen molar-refractivity contribution in [2.45, 2.75) is 82.5 Å². The van der Waals surface area contributed by atoms with Gasteiger partial charge < -0.3 is 33.7 Å². The van der Waals surface area contributed by atoms with E-state index in [1.54, 1.807) is 6.92 Å². The zero-order valence-corrected chi connectivity index (χ0v) is 22.1. The monoisotopic (exact) mass is 535 g/mol. The summed E-state index contributed by atoms with van der Waals surface area (Å²) in [6.45, 7) is 6.88. The molecule has 0 aromatic carbocycles. The summed E-state index contributed by atoms with van der Waals surface area (Å²) < 4.78 is 32.0. The molecule has 0 saturated carbocycles. The lowest BCUT2D eigenvalue weighted by atomic mass is 9.93. The Morgan fingerprint density at radius 3 is 2.00 bits per heavy atom. The fourth-order valence-electron chi connectivity index (χ4n) is 3.78. The molecule has 0 radical (unpaired) electrons. The highest BCUT2D eigenvalue weighted by Crippen LogP contribution is 2.46. The molecule has 13 nitrogen and oxygen atoms in total. The summed E-state index contributed by atoms with van der Waals surface area (Å²) in [6.07, 6.45) is -4.10. The molecule has 1 rings (SSSR count). The maximum Gasteiger partial charge on any atom is 0.348 e. The van der Waals surface area contributed by atoms with Crippen molar-refractivity contribution in [3.63, 3.8) is 0 Å². The van der Waals surface area contributed by atoms with E-state index in [0.717, 1.165) is 46.6 Å². The van der Waals surface area contributed by atoms with Gasteiger partial charge >= 0.3 is 29.8 Å². The molecule has 0 aromatic heterocycles.